The van der Waals surface area contributed by atoms with Crippen LogP contribution in [0.25, 0.3) is 33.1 Å². The lowest BCUT2D eigenvalue weighted by Crippen LogP contribution is -2.04. The maximum atomic E-state index is 5.87. The first kappa shape index (κ1) is 12.2. The molecule has 0 aliphatic rings. The van der Waals surface area contributed by atoms with Gasteiger partial charge < -0.3 is 14.2 Å². The highest BCUT2D eigenvalue weighted by Crippen LogP contribution is 2.33. The van der Waals surface area contributed by atoms with Gasteiger partial charge in [-0.3, -0.25) is 0 Å². The molecule has 0 unspecified atom stereocenters. The Hall–Kier alpha value is -2.52. The Balaban J connectivity index is 1.93. The third kappa shape index (κ3) is 1.94. The second kappa shape index (κ2) is 4.79. The van der Waals surface area contributed by atoms with Crippen LogP contribution in [0.15, 0.2) is 63.6 Å². The van der Waals surface area contributed by atoms with Crippen LogP contribution in [-0.2, 0) is 6.54 Å². The van der Waals surface area contributed by atoms with Gasteiger partial charge in [-0.15, -0.1) is 0 Å². The van der Waals surface area contributed by atoms with Crippen LogP contribution in [-0.4, -0.2) is 7.05 Å². The number of para-hydroxylation sites is 1. The van der Waals surface area contributed by atoms with Gasteiger partial charge >= 0.3 is 0 Å². The molecule has 2 aromatic heterocycles. The van der Waals surface area contributed by atoms with Crippen molar-refractivity contribution in [3.05, 3.63) is 60.6 Å². The number of fused-ring (bicyclic) bond motifs is 3. The van der Waals surface area contributed by atoms with Gasteiger partial charge in [0.1, 0.15) is 16.9 Å². The van der Waals surface area contributed by atoms with Crippen molar-refractivity contribution in [2.24, 2.45) is 0 Å². The molecule has 0 atom stereocenters. The molecular formula is C18H15NO2. The van der Waals surface area contributed by atoms with Crippen LogP contribution in [0.2, 0.25) is 0 Å². The summed E-state index contributed by atoms with van der Waals surface area (Å²) in [5, 5.41) is 5.41. The van der Waals surface area contributed by atoms with E-state index in [4.69, 9.17) is 8.83 Å². The molecular weight excluding hydrogens is 262 g/mol. The summed E-state index contributed by atoms with van der Waals surface area (Å²) in [5.41, 5.74) is 4.11. The SMILES string of the molecule is CNCc1occc1-c1ccc2oc3ccccc3c2c1. The van der Waals surface area contributed by atoms with Crippen molar-refractivity contribution in [3.63, 3.8) is 0 Å². The summed E-state index contributed by atoms with van der Waals surface area (Å²) < 4.78 is 11.4. The van der Waals surface area contributed by atoms with E-state index in [1.165, 1.54) is 0 Å². The summed E-state index contributed by atoms with van der Waals surface area (Å²) in [6.45, 7) is 0.715. The van der Waals surface area contributed by atoms with Crippen LogP contribution < -0.4 is 5.32 Å². The standard InChI is InChI=1S/C18H15NO2/c1-19-11-18-13(8-9-20-18)12-6-7-17-15(10-12)14-4-2-3-5-16(14)21-17/h2-10,19H,11H2,1H3. The summed E-state index contributed by atoms with van der Waals surface area (Å²) >= 11 is 0. The summed E-state index contributed by atoms with van der Waals surface area (Å²) in [4.78, 5) is 0. The van der Waals surface area contributed by atoms with Crippen molar-refractivity contribution in [2.75, 3.05) is 7.05 Å². The second-order valence-corrected chi connectivity index (χ2v) is 5.10. The first-order valence-electron chi connectivity index (χ1n) is 6.99. The van der Waals surface area contributed by atoms with Gasteiger partial charge in [0.05, 0.1) is 12.8 Å². The topological polar surface area (TPSA) is 38.3 Å². The summed E-state index contributed by atoms with van der Waals surface area (Å²) in [7, 11) is 1.92. The molecule has 0 spiro atoms. The molecule has 0 bridgehead atoms. The average Bonchev–Trinajstić information content (AvgIpc) is 3.11. The smallest absolute Gasteiger partial charge is 0.135 e. The molecule has 0 saturated heterocycles. The van der Waals surface area contributed by atoms with Crippen molar-refractivity contribution in [1.29, 1.82) is 0 Å². The van der Waals surface area contributed by atoms with E-state index < -0.39 is 0 Å². The fraction of sp³-hybridized carbons (Fsp3) is 0.111. The Labute approximate surface area is 122 Å². The monoisotopic (exact) mass is 277 g/mol. The third-order valence-corrected chi connectivity index (χ3v) is 3.77. The number of benzene rings is 2. The van der Waals surface area contributed by atoms with Gasteiger partial charge in [0.2, 0.25) is 0 Å². The molecule has 104 valence electrons. The maximum absolute atomic E-state index is 5.87. The predicted octanol–water partition coefficient (Wildman–Crippen LogP) is 4.57. The Bertz CT molecular complexity index is 917. The Morgan fingerprint density at radius 3 is 2.71 bits per heavy atom. The van der Waals surface area contributed by atoms with Crippen molar-refractivity contribution in [1.82, 2.24) is 5.32 Å². The molecule has 0 fully saturated rings. The van der Waals surface area contributed by atoms with Gasteiger partial charge in [0.25, 0.3) is 0 Å². The van der Waals surface area contributed by atoms with Gasteiger partial charge in [0.15, 0.2) is 0 Å². The molecule has 21 heavy (non-hydrogen) atoms. The summed E-state index contributed by atoms with van der Waals surface area (Å²) in [6.07, 6.45) is 1.74. The van der Waals surface area contributed by atoms with Crippen LogP contribution in [0.3, 0.4) is 0 Å². The minimum absolute atomic E-state index is 0.715. The molecule has 4 aromatic rings. The Morgan fingerprint density at radius 1 is 0.952 bits per heavy atom. The molecule has 0 aliphatic carbocycles. The first-order chi connectivity index (χ1) is 10.4. The fourth-order valence-corrected chi connectivity index (χ4v) is 2.79. The van der Waals surface area contributed by atoms with Crippen LogP contribution in [0.4, 0.5) is 0 Å². The van der Waals surface area contributed by atoms with Crippen molar-refractivity contribution in [3.8, 4) is 11.1 Å². The van der Waals surface area contributed by atoms with E-state index in [1.54, 1.807) is 6.26 Å². The van der Waals surface area contributed by atoms with Gasteiger partial charge in [-0.05, 0) is 36.9 Å². The van der Waals surface area contributed by atoms with Crippen LogP contribution >= 0.6 is 0 Å². The first-order valence-corrected chi connectivity index (χ1v) is 6.99. The summed E-state index contributed by atoms with van der Waals surface area (Å²) in [5.74, 6) is 0.949. The molecule has 2 aromatic carbocycles. The molecule has 1 N–H and O–H groups in total. The Morgan fingerprint density at radius 2 is 1.81 bits per heavy atom. The lowest BCUT2D eigenvalue weighted by atomic mass is 10.0. The van der Waals surface area contributed by atoms with Crippen molar-refractivity contribution < 1.29 is 8.83 Å². The van der Waals surface area contributed by atoms with E-state index in [-0.39, 0.29) is 0 Å². The van der Waals surface area contributed by atoms with Crippen molar-refractivity contribution >= 4 is 21.9 Å². The number of furan rings is 2. The highest BCUT2D eigenvalue weighted by atomic mass is 16.3. The zero-order chi connectivity index (χ0) is 14.2. The largest absolute Gasteiger partial charge is 0.467 e. The number of hydrogen-bond acceptors (Lipinski definition) is 3. The van der Waals surface area contributed by atoms with E-state index in [2.05, 4.69) is 23.5 Å². The van der Waals surface area contributed by atoms with Crippen LogP contribution in [0.5, 0.6) is 0 Å². The number of nitrogens with one attached hydrogen (secondary N) is 1. The molecule has 0 radical (unpaired) electrons. The van der Waals surface area contributed by atoms with Gasteiger partial charge in [-0.25, -0.2) is 0 Å². The van der Waals surface area contributed by atoms with E-state index in [0.717, 1.165) is 38.8 Å². The number of rotatable bonds is 3. The van der Waals surface area contributed by atoms with Gasteiger partial charge in [0, 0.05) is 16.3 Å². The average molecular weight is 277 g/mol. The normalized spacial score (nSPS) is 11.5. The van der Waals surface area contributed by atoms with E-state index in [9.17, 15) is 0 Å². The third-order valence-electron chi connectivity index (χ3n) is 3.77. The van der Waals surface area contributed by atoms with E-state index >= 15 is 0 Å². The minimum Gasteiger partial charge on any atom is -0.467 e. The van der Waals surface area contributed by atoms with Crippen LogP contribution in [0.1, 0.15) is 5.76 Å². The van der Waals surface area contributed by atoms with Gasteiger partial charge in [-0.1, -0.05) is 24.3 Å². The fourth-order valence-electron chi connectivity index (χ4n) is 2.79. The lowest BCUT2D eigenvalue weighted by Gasteiger charge is -2.02. The molecule has 2 heterocycles. The van der Waals surface area contributed by atoms with Crippen molar-refractivity contribution in [2.45, 2.75) is 6.54 Å². The molecule has 4 rings (SSSR count). The van der Waals surface area contributed by atoms with E-state index in [1.807, 2.05) is 37.4 Å². The predicted molar refractivity (Wildman–Crippen MR) is 84.2 cm³/mol. The van der Waals surface area contributed by atoms with Gasteiger partial charge in [-0.2, -0.15) is 0 Å². The minimum atomic E-state index is 0.715. The van der Waals surface area contributed by atoms with E-state index in [0.29, 0.717) is 6.54 Å². The molecule has 3 heteroatoms. The lowest BCUT2D eigenvalue weighted by molar-refractivity contribution is 0.497. The summed E-state index contributed by atoms with van der Waals surface area (Å²) in [6, 6.07) is 16.4. The highest BCUT2D eigenvalue weighted by molar-refractivity contribution is 6.06. The second-order valence-electron chi connectivity index (χ2n) is 5.10. The molecule has 0 aliphatic heterocycles. The molecule has 0 amide bonds. The quantitative estimate of drug-likeness (QED) is 0.596. The zero-order valence-electron chi connectivity index (χ0n) is 11.7. The highest BCUT2D eigenvalue weighted by Gasteiger charge is 2.11. The molecule has 3 nitrogen and oxygen atoms in total. The zero-order valence-corrected chi connectivity index (χ0v) is 11.7. The number of hydrogen-bond donors (Lipinski definition) is 1. The Kier molecular flexibility index (Phi) is 2.79. The maximum Gasteiger partial charge on any atom is 0.135 e. The van der Waals surface area contributed by atoms with Crippen LogP contribution in [0, 0.1) is 0 Å². The molecule has 0 saturated carbocycles.